The largest absolute Gasteiger partial charge is 1.00 e. The standard InChI is InChI=1S/C44H28F2N2O6S2Se2.2Na/c45-29-9-1-25(2-10-29)41-33-17-19-35(47-33)43(27-5-13-31(14-6-27)55(49,50)51)39-23-24-40(58-39)44(28-7-15-32(16-8-28)56(52,53)54)36-20-18-34(48-36)42(38-22-21-37(41)57-38)26-3-11-30(46)12-4-26;;/h1-24,47-48H,(H,49,50,51)(H,52,53,54);;/q;2*+1/p-2. The summed E-state index contributed by atoms with van der Waals surface area (Å²) in [6.45, 7) is 0. The first kappa shape index (κ1) is 44.6. The molecule has 60 heavy (non-hydrogen) atoms. The third-order valence-electron chi connectivity index (χ3n) is 9.78. The van der Waals surface area contributed by atoms with Crippen molar-refractivity contribution >= 4 is 71.5 Å². The van der Waals surface area contributed by atoms with Crippen LogP contribution in [0.4, 0.5) is 8.78 Å². The van der Waals surface area contributed by atoms with Gasteiger partial charge in [-0.05, 0) is 0 Å². The van der Waals surface area contributed by atoms with E-state index in [2.05, 4.69) is 9.97 Å². The maximum absolute atomic E-state index is 14.3. The number of hydrogen-bond acceptors (Lipinski definition) is 6. The van der Waals surface area contributed by atoms with Crippen molar-refractivity contribution in [2.45, 2.75) is 9.79 Å². The van der Waals surface area contributed by atoms with Gasteiger partial charge in [0.1, 0.15) is 0 Å². The number of halogens is 2. The van der Waals surface area contributed by atoms with Crippen molar-refractivity contribution in [3.63, 3.8) is 0 Å². The average molecular weight is 985 g/mol. The Bertz CT molecular complexity index is 3180. The van der Waals surface area contributed by atoms with Gasteiger partial charge in [-0.15, -0.1) is 0 Å². The van der Waals surface area contributed by atoms with Crippen LogP contribution >= 0.6 is 0 Å². The Morgan fingerprint density at radius 3 is 0.833 bits per heavy atom. The maximum atomic E-state index is 14.3. The molecular weight excluding hydrogens is 959 g/mol. The molecular formula is C44H26F2N2Na2O6S2Se2. The molecule has 2 N–H and O–H groups in total. The van der Waals surface area contributed by atoms with Crippen molar-refractivity contribution in [2.75, 3.05) is 0 Å². The summed E-state index contributed by atoms with van der Waals surface area (Å²) in [6.07, 6.45) is 0. The van der Waals surface area contributed by atoms with Crippen molar-refractivity contribution in [3.8, 4) is 0 Å². The topological polar surface area (TPSA) is 146 Å². The van der Waals surface area contributed by atoms with Gasteiger partial charge < -0.3 is 0 Å². The van der Waals surface area contributed by atoms with E-state index in [9.17, 15) is 34.7 Å². The molecule has 0 saturated carbocycles. The molecule has 1 aliphatic heterocycles. The predicted molar refractivity (Wildman–Crippen MR) is 215 cm³/mol. The Morgan fingerprint density at radius 1 is 0.367 bits per heavy atom. The number of aromatic amines is 2. The maximum Gasteiger partial charge on any atom is 1.00 e. The van der Waals surface area contributed by atoms with Crippen molar-refractivity contribution in [2.24, 2.45) is 0 Å². The molecule has 1 aliphatic rings. The van der Waals surface area contributed by atoms with E-state index in [0.29, 0.717) is 22.5 Å². The first-order valence-corrected chi connectivity index (χ1v) is 23.8. The molecule has 5 heterocycles. The fourth-order valence-electron chi connectivity index (χ4n) is 7.12. The summed E-state index contributed by atoms with van der Waals surface area (Å²) in [5.74, 6) is -0.742. The molecule has 0 amide bonds. The Kier molecular flexibility index (Phi) is 13.2. The Hall–Kier alpha value is -3.40. The van der Waals surface area contributed by atoms with Crippen molar-refractivity contribution in [3.05, 3.63) is 219 Å². The van der Waals surface area contributed by atoms with Gasteiger partial charge in [0.05, 0.1) is 0 Å². The zero-order valence-electron chi connectivity index (χ0n) is 31.7. The summed E-state index contributed by atoms with van der Waals surface area (Å²) in [4.78, 5) is 6.54. The molecule has 8 bridgehead atoms. The third-order valence-corrected chi connectivity index (χ3v) is 16.2. The van der Waals surface area contributed by atoms with Crippen LogP contribution in [0.5, 0.6) is 0 Å². The van der Waals surface area contributed by atoms with E-state index < -0.39 is 34.7 Å². The van der Waals surface area contributed by atoms with Gasteiger partial charge in [-0.1, -0.05) is 0 Å². The van der Waals surface area contributed by atoms with Gasteiger partial charge in [-0.25, -0.2) is 0 Å². The van der Waals surface area contributed by atoms with Crippen LogP contribution in [0.2, 0.25) is 0 Å². The summed E-state index contributed by atoms with van der Waals surface area (Å²) in [7, 11) is -9.40. The quantitative estimate of drug-likeness (QED) is 0.144. The summed E-state index contributed by atoms with van der Waals surface area (Å²) in [5, 5.41) is 0. The van der Waals surface area contributed by atoms with Crippen LogP contribution in [0.3, 0.4) is 0 Å². The van der Waals surface area contributed by atoms with Crippen molar-refractivity contribution < 1.29 is 93.8 Å². The van der Waals surface area contributed by atoms with Gasteiger partial charge in [0.2, 0.25) is 0 Å². The summed E-state index contributed by atoms with van der Waals surface area (Å²) >= 11 is -0.725. The smallest absolute Gasteiger partial charge is 1.00 e. The van der Waals surface area contributed by atoms with Crippen LogP contribution in [0.1, 0.15) is 45.0 Å². The van der Waals surface area contributed by atoms with Crippen LogP contribution in [-0.2, 0) is 20.2 Å². The molecule has 9 rings (SSSR count). The van der Waals surface area contributed by atoms with Gasteiger partial charge in [0.15, 0.2) is 0 Å². The number of H-pyrrole nitrogens is 2. The third kappa shape index (κ3) is 8.92. The molecule has 0 atom stereocenters. The fourth-order valence-corrected chi connectivity index (χ4v) is 13.0. The summed E-state index contributed by atoms with van der Waals surface area (Å²) in [6, 6.07) is 40.1. The molecule has 0 saturated heterocycles. The number of fused-ring (bicyclic) bond motifs is 8. The Labute approximate surface area is 399 Å². The number of nitrogens with one attached hydrogen (secondary N) is 2. The normalized spacial score (nSPS) is 12.9. The van der Waals surface area contributed by atoms with Crippen LogP contribution in [0.15, 0.2) is 155 Å². The van der Waals surface area contributed by atoms with E-state index in [1.807, 2.05) is 48.5 Å². The van der Waals surface area contributed by atoms with E-state index >= 15 is 0 Å². The zero-order valence-corrected chi connectivity index (χ0v) is 40.8. The van der Waals surface area contributed by atoms with Crippen LogP contribution in [0, 0.1) is 11.6 Å². The molecule has 4 aromatic heterocycles. The second-order valence-corrected chi connectivity index (χ2v) is 20.7. The zero-order chi connectivity index (χ0) is 40.3. The molecule has 4 aromatic carbocycles. The number of hydrogen-bond donors (Lipinski definition) is 2. The van der Waals surface area contributed by atoms with Gasteiger partial charge >= 0.3 is 404 Å². The average Bonchev–Trinajstić information content (AvgIpc) is 4.04. The SMILES string of the molecule is O=S(=O)([O-])c1ccc(C2=c3ccc([se]3)=C(c3ccc(S(=O)(=O)[O-])cc3)c3ccc([nH]3)C(c3ccc(F)cc3)=c3ccc([se]3)=C(c3ccc(F)cc3)c3ccc2[nH]3)cc1.[Na+].[Na+]. The molecule has 8 aromatic rings. The van der Waals surface area contributed by atoms with E-state index in [1.54, 1.807) is 48.5 Å². The minimum absolute atomic E-state index is 0. The number of aromatic nitrogens is 2. The summed E-state index contributed by atoms with van der Waals surface area (Å²) < 4.78 is 104. The first-order valence-electron chi connectivity index (χ1n) is 17.5. The van der Waals surface area contributed by atoms with E-state index in [-0.39, 0.29) is 95.0 Å². The molecule has 0 aliphatic carbocycles. The molecule has 0 spiro atoms. The van der Waals surface area contributed by atoms with Crippen molar-refractivity contribution in [1.82, 2.24) is 9.97 Å². The molecule has 288 valence electrons. The van der Waals surface area contributed by atoms with Crippen molar-refractivity contribution in [1.29, 1.82) is 0 Å². The molecule has 0 fully saturated rings. The monoisotopic (exact) mass is 986 g/mol. The molecule has 0 radical (unpaired) electrons. The van der Waals surface area contributed by atoms with Crippen LogP contribution in [0.25, 0.3) is 22.3 Å². The molecule has 16 heteroatoms. The van der Waals surface area contributed by atoms with E-state index in [4.69, 9.17) is 0 Å². The first-order chi connectivity index (χ1) is 27.8. The van der Waals surface area contributed by atoms with E-state index in [0.717, 1.165) is 61.2 Å². The second-order valence-electron chi connectivity index (χ2n) is 13.4. The fraction of sp³-hybridized carbons (Fsp3) is 0. The van der Waals surface area contributed by atoms with Gasteiger partial charge in [-0.2, -0.15) is 0 Å². The van der Waals surface area contributed by atoms with Gasteiger partial charge in [-0.3, -0.25) is 0 Å². The minimum Gasteiger partial charge on any atom is 1.00 e. The number of benzene rings is 4. The Balaban J connectivity index is 0.00000272. The van der Waals surface area contributed by atoms with Gasteiger partial charge in [0, 0.05) is 0 Å². The number of rotatable bonds is 6. The second kappa shape index (κ2) is 17.8. The van der Waals surface area contributed by atoms with Crippen LogP contribution in [-0.4, -0.2) is 64.9 Å². The van der Waals surface area contributed by atoms with Crippen LogP contribution < -0.4 is 75.5 Å². The minimum atomic E-state index is -4.70. The predicted octanol–water partition coefficient (Wildman–Crippen LogP) is -2.15. The molecule has 8 nitrogen and oxygen atoms in total. The Morgan fingerprint density at radius 2 is 0.600 bits per heavy atom. The summed E-state index contributed by atoms with van der Waals surface area (Å²) in [5.41, 5.74) is 9.14. The van der Waals surface area contributed by atoms with E-state index in [1.165, 1.54) is 48.5 Å². The van der Waals surface area contributed by atoms with Gasteiger partial charge in [0.25, 0.3) is 0 Å². The molecule has 0 unspecified atom stereocenters.